The standard InChI is InChI=1S/C23H28BrN3O3/c1-4-18-10-11-21-23(16-12-17(24)14-25-13-16)19(20(15-29-3)26-27(18)21)8-6-7-9-22(28)30-5-2/h10-14H,4-9,15H2,1-3H3. The van der Waals surface area contributed by atoms with E-state index in [-0.39, 0.29) is 5.97 Å². The van der Waals surface area contributed by atoms with Crippen LogP contribution in [0.2, 0.25) is 0 Å². The van der Waals surface area contributed by atoms with Crippen molar-refractivity contribution in [2.75, 3.05) is 13.7 Å². The van der Waals surface area contributed by atoms with E-state index in [4.69, 9.17) is 14.6 Å². The predicted molar refractivity (Wildman–Crippen MR) is 120 cm³/mol. The summed E-state index contributed by atoms with van der Waals surface area (Å²) in [7, 11) is 1.69. The van der Waals surface area contributed by atoms with E-state index in [1.165, 1.54) is 0 Å². The Labute approximate surface area is 185 Å². The van der Waals surface area contributed by atoms with Crippen LogP contribution < -0.4 is 0 Å². The van der Waals surface area contributed by atoms with Crippen LogP contribution in [0.3, 0.4) is 0 Å². The van der Waals surface area contributed by atoms with E-state index < -0.39 is 0 Å². The molecule has 30 heavy (non-hydrogen) atoms. The number of esters is 1. The van der Waals surface area contributed by atoms with Crippen LogP contribution in [0.25, 0.3) is 16.6 Å². The van der Waals surface area contributed by atoms with Gasteiger partial charge in [-0.15, -0.1) is 0 Å². The number of carbonyl (C=O) groups excluding carboxylic acids is 1. The molecule has 0 saturated carbocycles. The van der Waals surface area contributed by atoms with E-state index in [0.29, 0.717) is 19.6 Å². The highest BCUT2D eigenvalue weighted by atomic mass is 79.9. The first-order valence-corrected chi connectivity index (χ1v) is 11.2. The molecule has 0 atom stereocenters. The van der Waals surface area contributed by atoms with Crippen molar-refractivity contribution < 1.29 is 14.3 Å². The average Bonchev–Trinajstić information content (AvgIpc) is 3.14. The molecular weight excluding hydrogens is 446 g/mol. The van der Waals surface area contributed by atoms with Gasteiger partial charge in [0.1, 0.15) is 0 Å². The van der Waals surface area contributed by atoms with Crippen molar-refractivity contribution in [2.45, 2.75) is 52.6 Å². The maximum absolute atomic E-state index is 11.7. The summed E-state index contributed by atoms with van der Waals surface area (Å²) in [5.41, 5.74) is 6.44. The fraction of sp³-hybridized carbons (Fsp3) is 0.435. The summed E-state index contributed by atoms with van der Waals surface area (Å²) in [6.07, 6.45) is 7.43. The first kappa shape index (κ1) is 22.4. The number of ether oxygens (including phenoxy) is 2. The summed E-state index contributed by atoms with van der Waals surface area (Å²) in [5, 5.41) is 4.92. The second-order valence-corrected chi connectivity index (χ2v) is 8.03. The Morgan fingerprint density at radius 2 is 2.03 bits per heavy atom. The normalized spacial score (nSPS) is 11.2. The van der Waals surface area contributed by atoms with Gasteiger partial charge < -0.3 is 9.47 Å². The van der Waals surface area contributed by atoms with Crippen LogP contribution in [0, 0.1) is 0 Å². The van der Waals surface area contributed by atoms with E-state index in [2.05, 4.69) is 46.0 Å². The molecule has 0 bridgehead atoms. The van der Waals surface area contributed by atoms with Gasteiger partial charge in [-0.05, 0) is 72.3 Å². The first-order chi connectivity index (χ1) is 14.6. The van der Waals surface area contributed by atoms with Crippen molar-refractivity contribution in [1.29, 1.82) is 0 Å². The van der Waals surface area contributed by atoms with Crippen molar-refractivity contribution in [3.05, 3.63) is 52.0 Å². The van der Waals surface area contributed by atoms with Gasteiger partial charge in [0, 0.05) is 47.2 Å². The molecular formula is C23H28BrN3O3. The van der Waals surface area contributed by atoms with E-state index in [9.17, 15) is 4.79 Å². The molecule has 7 heteroatoms. The van der Waals surface area contributed by atoms with Crippen LogP contribution in [-0.2, 0) is 33.7 Å². The van der Waals surface area contributed by atoms with Crippen molar-refractivity contribution in [3.63, 3.8) is 0 Å². The van der Waals surface area contributed by atoms with Gasteiger partial charge in [-0.1, -0.05) is 6.92 Å². The highest BCUT2D eigenvalue weighted by Crippen LogP contribution is 2.33. The lowest BCUT2D eigenvalue weighted by Crippen LogP contribution is -2.10. The number of nitrogens with zero attached hydrogens (tertiary/aromatic N) is 3. The molecule has 3 heterocycles. The lowest BCUT2D eigenvalue weighted by Gasteiger charge is -2.17. The second-order valence-electron chi connectivity index (χ2n) is 7.11. The SMILES string of the molecule is CCOC(=O)CCCCc1c(COC)nn2c(CC)ccc2c1-c1cncc(Br)c1. The summed E-state index contributed by atoms with van der Waals surface area (Å²) < 4.78 is 13.5. The third-order valence-electron chi connectivity index (χ3n) is 5.06. The molecule has 3 aromatic rings. The number of halogens is 1. The third-order valence-corrected chi connectivity index (χ3v) is 5.49. The molecule has 6 nitrogen and oxygen atoms in total. The minimum Gasteiger partial charge on any atom is -0.466 e. The molecule has 0 radical (unpaired) electrons. The molecule has 0 aliphatic rings. The van der Waals surface area contributed by atoms with Gasteiger partial charge in [0.05, 0.1) is 24.4 Å². The smallest absolute Gasteiger partial charge is 0.305 e. The molecule has 0 fully saturated rings. The van der Waals surface area contributed by atoms with Gasteiger partial charge in [0.25, 0.3) is 0 Å². The van der Waals surface area contributed by atoms with Crippen molar-refractivity contribution in [2.24, 2.45) is 0 Å². The fourth-order valence-corrected chi connectivity index (χ4v) is 4.09. The third kappa shape index (κ3) is 5.08. The van der Waals surface area contributed by atoms with Gasteiger partial charge >= 0.3 is 5.97 Å². The zero-order valence-electron chi connectivity index (χ0n) is 17.8. The zero-order chi connectivity index (χ0) is 21.5. The van der Waals surface area contributed by atoms with Crippen LogP contribution in [0.5, 0.6) is 0 Å². The molecule has 0 N–H and O–H groups in total. The van der Waals surface area contributed by atoms with Crippen molar-refractivity contribution >= 4 is 27.4 Å². The monoisotopic (exact) mass is 473 g/mol. The molecule has 160 valence electrons. The van der Waals surface area contributed by atoms with E-state index >= 15 is 0 Å². The van der Waals surface area contributed by atoms with Crippen LogP contribution in [0.4, 0.5) is 0 Å². The summed E-state index contributed by atoms with van der Waals surface area (Å²) >= 11 is 3.55. The maximum atomic E-state index is 11.7. The number of hydrogen-bond acceptors (Lipinski definition) is 5. The zero-order valence-corrected chi connectivity index (χ0v) is 19.4. The highest BCUT2D eigenvalue weighted by molar-refractivity contribution is 9.10. The Bertz CT molecular complexity index is 1020. The fourth-order valence-electron chi connectivity index (χ4n) is 3.72. The molecule has 0 amide bonds. The molecule has 0 aliphatic heterocycles. The molecule has 3 aromatic heterocycles. The number of pyridine rings is 1. The quantitative estimate of drug-likeness (QED) is 0.301. The Morgan fingerprint density at radius 1 is 1.20 bits per heavy atom. The molecule has 0 saturated heterocycles. The van der Waals surface area contributed by atoms with Crippen molar-refractivity contribution in [3.8, 4) is 11.1 Å². The highest BCUT2D eigenvalue weighted by Gasteiger charge is 2.19. The molecule has 0 spiro atoms. The Hall–Kier alpha value is -2.25. The molecule has 0 aromatic carbocycles. The van der Waals surface area contributed by atoms with Crippen LogP contribution >= 0.6 is 15.9 Å². The first-order valence-electron chi connectivity index (χ1n) is 10.4. The van der Waals surface area contributed by atoms with E-state index in [1.807, 2.05) is 17.6 Å². The molecule has 0 unspecified atom stereocenters. The lowest BCUT2D eigenvalue weighted by molar-refractivity contribution is -0.143. The summed E-state index contributed by atoms with van der Waals surface area (Å²) in [6, 6.07) is 6.33. The Morgan fingerprint density at radius 3 is 2.73 bits per heavy atom. The Kier molecular flexibility index (Phi) is 7.99. The minimum atomic E-state index is -0.140. The number of unbranched alkanes of at least 4 members (excludes halogenated alkanes) is 1. The lowest BCUT2D eigenvalue weighted by atomic mass is 9.95. The summed E-state index contributed by atoms with van der Waals surface area (Å²) in [6.45, 7) is 4.81. The molecule has 3 rings (SSSR count). The number of hydrogen-bond donors (Lipinski definition) is 0. The largest absolute Gasteiger partial charge is 0.466 e. The van der Waals surface area contributed by atoms with Crippen LogP contribution in [0.15, 0.2) is 35.1 Å². The summed E-state index contributed by atoms with van der Waals surface area (Å²) in [4.78, 5) is 16.1. The topological polar surface area (TPSA) is 65.7 Å². The van der Waals surface area contributed by atoms with Gasteiger partial charge in [-0.25, -0.2) is 4.52 Å². The predicted octanol–water partition coefficient (Wildman–Crippen LogP) is 5.14. The number of rotatable bonds is 10. The maximum Gasteiger partial charge on any atom is 0.305 e. The molecule has 0 aliphatic carbocycles. The van der Waals surface area contributed by atoms with E-state index in [1.54, 1.807) is 13.3 Å². The van der Waals surface area contributed by atoms with Gasteiger partial charge in [0.15, 0.2) is 0 Å². The minimum absolute atomic E-state index is 0.140. The number of methoxy groups -OCH3 is 1. The van der Waals surface area contributed by atoms with Gasteiger partial charge in [0.2, 0.25) is 0 Å². The second kappa shape index (κ2) is 10.7. The van der Waals surface area contributed by atoms with Crippen LogP contribution in [0.1, 0.15) is 50.1 Å². The average molecular weight is 474 g/mol. The number of carbonyl (C=O) groups is 1. The van der Waals surface area contributed by atoms with E-state index in [0.717, 1.165) is 63.8 Å². The number of aromatic nitrogens is 3. The van der Waals surface area contributed by atoms with Gasteiger partial charge in [-0.2, -0.15) is 5.10 Å². The van der Waals surface area contributed by atoms with Gasteiger partial charge in [-0.3, -0.25) is 9.78 Å². The Balaban J connectivity index is 2.04. The number of fused-ring (bicyclic) bond motifs is 1. The van der Waals surface area contributed by atoms with Crippen LogP contribution in [-0.4, -0.2) is 34.3 Å². The summed E-state index contributed by atoms with van der Waals surface area (Å²) in [5.74, 6) is -0.140. The van der Waals surface area contributed by atoms with Crippen molar-refractivity contribution in [1.82, 2.24) is 14.6 Å². The number of aryl methyl sites for hydroxylation is 1.